The van der Waals surface area contributed by atoms with Crippen LogP contribution in [-0.2, 0) is 74.7 Å². The van der Waals surface area contributed by atoms with E-state index in [1.165, 1.54) is 0 Å². The molecule has 0 aliphatic rings. The highest BCUT2D eigenvalue weighted by molar-refractivity contribution is 4.88. The molecule has 302 valence electrons. The molecule has 1 N–H and O–H groups in total. The van der Waals surface area contributed by atoms with Crippen molar-refractivity contribution in [3.63, 3.8) is 0 Å². The van der Waals surface area contributed by atoms with Gasteiger partial charge in [0.15, 0.2) is 0 Å². The molecule has 1 aromatic rings. The third-order valence-electron chi connectivity index (χ3n) is 6.52. The topological polar surface area (TPSA) is 171 Å². The van der Waals surface area contributed by atoms with Crippen LogP contribution in [0.5, 0.6) is 0 Å². The predicted molar refractivity (Wildman–Crippen MR) is 186 cm³/mol. The fourth-order valence-corrected chi connectivity index (χ4v) is 3.74. The van der Waals surface area contributed by atoms with E-state index in [0.717, 1.165) is 13.0 Å². The average Bonchev–Trinajstić information content (AvgIpc) is 3.60. The molecular formula is C34H67N3O14. The van der Waals surface area contributed by atoms with Crippen LogP contribution in [0.4, 0.5) is 0 Å². The summed E-state index contributed by atoms with van der Waals surface area (Å²) in [6.07, 6.45) is 2.76. The van der Waals surface area contributed by atoms with Gasteiger partial charge in [-0.2, -0.15) is 0 Å². The first-order valence-corrected chi connectivity index (χ1v) is 18.2. The van der Waals surface area contributed by atoms with E-state index in [9.17, 15) is 0 Å². The monoisotopic (exact) mass is 741 g/mol. The second-order valence-corrected chi connectivity index (χ2v) is 11.3. The molecule has 1 aromatic heterocycles. The van der Waals surface area contributed by atoms with Gasteiger partial charge in [-0.3, -0.25) is 0 Å². The Kier molecular flexibility index (Phi) is 37.1. The van der Waals surface area contributed by atoms with Crippen LogP contribution in [0.25, 0.3) is 0 Å². The highest BCUT2D eigenvalue weighted by Gasteiger charge is 2.00. The maximum Gasteiger partial charge on any atom is 0.108 e. The maximum atomic E-state index is 8.96. The van der Waals surface area contributed by atoms with Crippen LogP contribution in [0.2, 0.25) is 0 Å². The molecule has 0 aromatic carbocycles. The summed E-state index contributed by atoms with van der Waals surface area (Å²) in [6.45, 7) is 18.5. The third kappa shape index (κ3) is 36.7. The van der Waals surface area contributed by atoms with E-state index in [-0.39, 0.29) is 6.61 Å². The van der Waals surface area contributed by atoms with Gasteiger partial charge in [-0.05, 0) is 12.3 Å². The maximum absolute atomic E-state index is 8.96. The van der Waals surface area contributed by atoms with Gasteiger partial charge in [0.25, 0.3) is 0 Å². The first kappa shape index (κ1) is 47.6. The van der Waals surface area contributed by atoms with Crippen molar-refractivity contribution in [3.05, 3.63) is 11.9 Å². The summed E-state index contributed by atoms with van der Waals surface area (Å²) in [4.78, 5) is 0. The number of hydrogen-bond acceptors (Lipinski definition) is 16. The van der Waals surface area contributed by atoms with Crippen LogP contribution in [0.1, 0.15) is 26.0 Å². The molecule has 1 rings (SSSR count). The second-order valence-electron chi connectivity index (χ2n) is 11.3. The molecule has 0 fully saturated rings. The van der Waals surface area contributed by atoms with Gasteiger partial charge in [0, 0.05) is 6.61 Å². The Balaban J connectivity index is 1.61. The summed E-state index contributed by atoms with van der Waals surface area (Å²) in [7, 11) is 0. The third-order valence-corrected chi connectivity index (χ3v) is 6.52. The van der Waals surface area contributed by atoms with Crippen LogP contribution in [0.3, 0.4) is 0 Å². The van der Waals surface area contributed by atoms with Crippen molar-refractivity contribution < 1.29 is 66.7 Å². The molecular weight excluding hydrogens is 674 g/mol. The minimum Gasteiger partial charge on any atom is -0.390 e. The van der Waals surface area contributed by atoms with E-state index < -0.39 is 0 Å². The number of ether oxygens (including phenoxy) is 13. The summed E-state index contributed by atoms with van der Waals surface area (Å²) < 4.78 is 72.9. The number of aliphatic hydroxyl groups is 1. The Morgan fingerprint density at radius 2 is 0.686 bits per heavy atom. The molecule has 0 unspecified atom stereocenters. The fourth-order valence-electron chi connectivity index (χ4n) is 3.74. The van der Waals surface area contributed by atoms with E-state index in [0.29, 0.717) is 183 Å². The molecule has 51 heavy (non-hydrogen) atoms. The van der Waals surface area contributed by atoms with Crippen molar-refractivity contribution in [1.29, 1.82) is 0 Å². The zero-order chi connectivity index (χ0) is 36.6. The van der Waals surface area contributed by atoms with Gasteiger partial charge in [-0.25, -0.2) is 4.68 Å². The van der Waals surface area contributed by atoms with Gasteiger partial charge < -0.3 is 66.7 Å². The van der Waals surface area contributed by atoms with Crippen LogP contribution < -0.4 is 0 Å². The smallest absolute Gasteiger partial charge is 0.108 e. The van der Waals surface area contributed by atoms with Gasteiger partial charge in [-0.1, -0.05) is 19.1 Å². The van der Waals surface area contributed by atoms with Gasteiger partial charge in [0.1, 0.15) is 5.69 Å². The van der Waals surface area contributed by atoms with E-state index in [1.807, 2.05) is 0 Å². The van der Waals surface area contributed by atoms with Crippen LogP contribution in [0.15, 0.2) is 6.20 Å². The largest absolute Gasteiger partial charge is 0.390 e. The molecule has 0 atom stereocenters. The second kappa shape index (κ2) is 39.8. The lowest BCUT2D eigenvalue weighted by Crippen LogP contribution is -2.15. The Labute approximate surface area is 304 Å². The van der Waals surface area contributed by atoms with E-state index in [1.54, 1.807) is 10.9 Å². The molecule has 0 spiro atoms. The fraction of sp³-hybridized carbons (Fsp3) is 0.941. The summed E-state index contributed by atoms with van der Waals surface area (Å²) >= 11 is 0. The lowest BCUT2D eigenvalue weighted by molar-refractivity contribution is -0.0291. The van der Waals surface area contributed by atoms with Gasteiger partial charge >= 0.3 is 0 Å². The van der Waals surface area contributed by atoms with Crippen LogP contribution >= 0.6 is 0 Å². The molecule has 1 heterocycles. The van der Waals surface area contributed by atoms with Gasteiger partial charge in [0.2, 0.25) is 0 Å². The zero-order valence-electron chi connectivity index (χ0n) is 31.3. The van der Waals surface area contributed by atoms with E-state index in [2.05, 4.69) is 24.2 Å². The summed E-state index contributed by atoms with van der Waals surface area (Å²) in [5.41, 5.74) is 0.540. The number of hydrogen-bond donors (Lipinski definition) is 1. The lowest BCUT2D eigenvalue weighted by Gasteiger charge is -2.09. The van der Waals surface area contributed by atoms with Crippen LogP contribution in [0, 0.1) is 5.92 Å². The van der Waals surface area contributed by atoms with Crippen molar-refractivity contribution in [3.8, 4) is 0 Å². The van der Waals surface area contributed by atoms with Crippen molar-refractivity contribution in [2.24, 2.45) is 5.92 Å². The number of aliphatic hydroxyl groups excluding tert-OH is 1. The molecule has 0 bridgehead atoms. The van der Waals surface area contributed by atoms with Gasteiger partial charge in [-0.15, -0.1) is 5.10 Å². The van der Waals surface area contributed by atoms with E-state index in [4.69, 9.17) is 66.7 Å². The number of nitrogens with zero attached hydrogens (tertiary/aromatic N) is 3. The summed E-state index contributed by atoms with van der Waals surface area (Å²) in [5, 5.41) is 16.6. The standard InChI is InChI=1S/C34H67N3O14/c1-33(2)3-5-39-7-9-41-11-13-43-15-17-45-19-21-47-23-25-49-27-29-51-30-28-50-26-24-48-22-20-46-18-16-44-14-12-42-10-8-40-6-4-37-31-34(32-38)35-36-37/h31,33,38H,3-30,32H2,1-2H3. The minimum absolute atomic E-state index is 0.118. The first-order chi connectivity index (χ1) is 25.2. The minimum atomic E-state index is -0.118. The molecule has 0 aliphatic carbocycles. The van der Waals surface area contributed by atoms with Crippen molar-refractivity contribution in [2.45, 2.75) is 33.4 Å². The Morgan fingerprint density at radius 3 is 0.922 bits per heavy atom. The molecule has 17 heteroatoms. The summed E-state index contributed by atoms with van der Waals surface area (Å²) in [5.74, 6) is 0.664. The SMILES string of the molecule is CC(C)CCOCCOCCOCCOCCOCCOCCOCCOCCOCCOCCOCCOCCOCCn1cc(CO)nn1. The Bertz CT molecular complexity index is 812. The Hall–Kier alpha value is -1.42. The van der Waals surface area contributed by atoms with E-state index >= 15 is 0 Å². The molecule has 0 aliphatic heterocycles. The highest BCUT2D eigenvalue weighted by atomic mass is 16.6. The van der Waals surface area contributed by atoms with Crippen molar-refractivity contribution in [2.75, 3.05) is 172 Å². The van der Waals surface area contributed by atoms with Gasteiger partial charge in [0.05, 0.1) is 185 Å². The Morgan fingerprint density at radius 1 is 0.431 bits per heavy atom. The molecule has 0 radical (unpaired) electrons. The van der Waals surface area contributed by atoms with Crippen LogP contribution in [-0.4, -0.2) is 192 Å². The predicted octanol–water partition coefficient (Wildman–Crippen LogP) is 1.03. The number of aromatic nitrogens is 3. The summed E-state index contributed by atoms with van der Waals surface area (Å²) in [6, 6.07) is 0. The molecule has 17 nitrogen and oxygen atoms in total. The first-order valence-electron chi connectivity index (χ1n) is 18.2. The van der Waals surface area contributed by atoms with Crippen molar-refractivity contribution >= 4 is 0 Å². The lowest BCUT2D eigenvalue weighted by atomic mass is 10.1. The molecule has 0 saturated heterocycles. The molecule has 0 saturated carbocycles. The normalized spacial score (nSPS) is 11.8. The highest BCUT2D eigenvalue weighted by Crippen LogP contribution is 1.98. The van der Waals surface area contributed by atoms with Crippen molar-refractivity contribution in [1.82, 2.24) is 15.0 Å². The zero-order valence-corrected chi connectivity index (χ0v) is 31.3. The quantitative estimate of drug-likeness (QED) is 0.0941. The molecule has 0 amide bonds. The number of rotatable bonds is 43. The average molecular weight is 742 g/mol.